The molecule has 0 aliphatic heterocycles. The van der Waals surface area contributed by atoms with Gasteiger partial charge in [0.05, 0.1) is 12.2 Å². The van der Waals surface area contributed by atoms with E-state index in [2.05, 4.69) is 20.8 Å². The van der Waals surface area contributed by atoms with E-state index >= 15 is 0 Å². The fourth-order valence-corrected chi connectivity index (χ4v) is 9.15. The molecule has 2 N–H and O–H groups in total. The maximum atomic E-state index is 10.2. The van der Waals surface area contributed by atoms with Gasteiger partial charge in [-0.2, -0.15) is 0 Å². The number of aliphatic hydroxyl groups is 2. The molecule has 0 aromatic carbocycles. The number of hydrogen-bond acceptors (Lipinski definition) is 2. The van der Waals surface area contributed by atoms with Crippen LogP contribution in [0.2, 0.25) is 0 Å². The summed E-state index contributed by atoms with van der Waals surface area (Å²) in [4.78, 5) is 0. The summed E-state index contributed by atoms with van der Waals surface area (Å²) in [5, 5.41) is 19.9. The summed E-state index contributed by atoms with van der Waals surface area (Å²) in [6.45, 7) is 9.71. The SMILES string of the molecule is CC(O)CCC[C@@H](C)C1CCC2C3CCC4CC(O)CCC4(C)C3CCC21C. The lowest BCUT2D eigenvalue weighted by Crippen LogP contribution is -2.54. The second kappa shape index (κ2) is 7.88. The fourth-order valence-electron chi connectivity index (χ4n) is 9.15. The molecule has 2 nitrogen and oxygen atoms in total. The zero-order chi connectivity index (χ0) is 20.1. The van der Waals surface area contributed by atoms with E-state index in [4.69, 9.17) is 0 Å². The second-order valence-corrected chi connectivity index (χ2v) is 12.1. The van der Waals surface area contributed by atoms with Gasteiger partial charge in [-0.15, -0.1) is 0 Å². The second-order valence-electron chi connectivity index (χ2n) is 12.1. The summed E-state index contributed by atoms with van der Waals surface area (Å²) >= 11 is 0. The van der Waals surface area contributed by atoms with E-state index in [1.165, 1.54) is 57.8 Å². The van der Waals surface area contributed by atoms with Crippen molar-refractivity contribution in [3.05, 3.63) is 0 Å². The molecule has 4 aliphatic carbocycles. The highest BCUT2D eigenvalue weighted by Crippen LogP contribution is 2.68. The molecule has 0 aromatic rings. The van der Waals surface area contributed by atoms with E-state index in [0.29, 0.717) is 10.8 Å². The van der Waals surface area contributed by atoms with Crippen LogP contribution in [-0.2, 0) is 0 Å². The van der Waals surface area contributed by atoms with Gasteiger partial charge in [0, 0.05) is 0 Å². The predicted molar refractivity (Wildman–Crippen MR) is 116 cm³/mol. The minimum absolute atomic E-state index is 0.0261. The summed E-state index contributed by atoms with van der Waals surface area (Å²) in [5.74, 6) is 5.29. The van der Waals surface area contributed by atoms with Gasteiger partial charge in [0.25, 0.3) is 0 Å². The Morgan fingerprint density at radius 2 is 1.57 bits per heavy atom. The van der Waals surface area contributed by atoms with Gasteiger partial charge in [-0.3, -0.25) is 0 Å². The molecule has 4 aliphatic rings. The summed E-state index contributed by atoms with van der Waals surface area (Å²) in [6, 6.07) is 0. The average Bonchev–Trinajstić information content (AvgIpc) is 2.99. The zero-order valence-electron chi connectivity index (χ0n) is 19.0. The van der Waals surface area contributed by atoms with E-state index in [0.717, 1.165) is 54.8 Å². The Kier molecular flexibility index (Phi) is 5.95. The third-order valence-corrected chi connectivity index (χ3v) is 10.7. The van der Waals surface area contributed by atoms with E-state index in [-0.39, 0.29) is 12.2 Å². The van der Waals surface area contributed by atoms with Crippen LogP contribution in [0.15, 0.2) is 0 Å². The molecule has 10 atom stereocenters. The molecular weight excluding hydrogens is 344 g/mol. The summed E-state index contributed by atoms with van der Waals surface area (Å²) in [7, 11) is 0. The Balaban J connectivity index is 1.46. The summed E-state index contributed by atoms with van der Waals surface area (Å²) in [6.07, 6.45) is 15.3. The molecule has 0 spiro atoms. The molecular formula is C26H46O2. The van der Waals surface area contributed by atoms with Crippen molar-refractivity contribution in [3.63, 3.8) is 0 Å². The van der Waals surface area contributed by atoms with E-state index in [1.54, 1.807) is 0 Å². The molecule has 2 heteroatoms. The zero-order valence-corrected chi connectivity index (χ0v) is 19.0. The number of hydrogen-bond donors (Lipinski definition) is 2. The molecule has 0 bridgehead atoms. The number of aliphatic hydroxyl groups excluding tert-OH is 2. The standard InChI is InChI=1S/C26H46O2/c1-17(6-5-7-18(2)27)22-10-11-23-21-9-8-19-16-20(28)12-14-25(19,3)24(21)13-15-26(22,23)4/h17-24,27-28H,5-16H2,1-4H3/t17-,18?,19?,20?,21?,22?,23?,24?,25?,26?/m1/s1. The van der Waals surface area contributed by atoms with Crippen LogP contribution in [0, 0.1) is 46.3 Å². The Hall–Kier alpha value is -0.0800. The third-order valence-electron chi connectivity index (χ3n) is 10.7. The number of fused-ring (bicyclic) bond motifs is 5. The summed E-state index contributed by atoms with van der Waals surface area (Å²) < 4.78 is 0. The maximum Gasteiger partial charge on any atom is 0.0543 e. The Morgan fingerprint density at radius 1 is 0.857 bits per heavy atom. The van der Waals surface area contributed by atoms with Gasteiger partial charge in [-0.05, 0) is 117 Å². The Bertz CT molecular complexity index is 545. The molecule has 0 saturated heterocycles. The summed E-state index contributed by atoms with van der Waals surface area (Å²) in [5.41, 5.74) is 1.06. The van der Waals surface area contributed by atoms with Crippen molar-refractivity contribution in [3.8, 4) is 0 Å². The highest BCUT2D eigenvalue weighted by atomic mass is 16.3. The maximum absolute atomic E-state index is 10.2. The van der Waals surface area contributed by atoms with Crippen LogP contribution in [0.3, 0.4) is 0 Å². The highest BCUT2D eigenvalue weighted by molar-refractivity contribution is 5.09. The molecule has 162 valence electrons. The first-order valence-corrected chi connectivity index (χ1v) is 12.6. The quantitative estimate of drug-likeness (QED) is 0.587. The Morgan fingerprint density at radius 3 is 2.32 bits per heavy atom. The van der Waals surface area contributed by atoms with Crippen molar-refractivity contribution < 1.29 is 10.2 Å². The van der Waals surface area contributed by atoms with E-state index in [9.17, 15) is 10.2 Å². The van der Waals surface area contributed by atoms with Gasteiger partial charge in [0.15, 0.2) is 0 Å². The fraction of sp³-hybridized carbons (Fsp3) is 1.00. The lowest BCUT2D eigenvalue weighted by Gasteiger charge is -2.61. The third kappa shape index (κ3) is 3.49. The lowest BCUT2D eigenvalue weighted by atomic mass is 9.44. The first-order valence-electron chi connectivity index (χ1n) is 12.6. The van der Waals surface area contributed by atoms with Crippen LogP contribution >= 0.6 is 0 Å². The normalized spacial score (nSPS) is 50.4. The van der Waals surface area contributed by atoms with Crippen LogP contribution < -0.4 is 0 Å². The van der Waals surface area contributed by atoms with Crippen molar-refractivity contribution >= 4 is 0 Å². The predicted octanol–water partition coefficient (Wildman–Crippen LogP) is 6.19. The van der Waals surface area contributed by atoms with E-state index < -0.39 is 0 Å². The molecule has 4 fully saturated rings. The van der Waals surface area contributed by atoms with Crippen molar-refractivity contribution in [1.82, 2.24) is 0 Å². The van der Waals surface area contributed by atoms with Crippen LogP contribution in [0.25, 0.3) is 0 Å². The first kappa shape index (κ1) is 21.2. The molecule has 4 rings (SSSR count). The molecule has 28 heavy (non-hydrogen) atoms. The minimum Gasteiger partial charge on any atom is -0.393 e. The lowest BCUT2D eigenvalue weighted by molar-refractivity contribution is -0.129. The molecule has 0 radical (unpaired) electrons. The van der Waals surface area contributed by atoms with Gasteiger partial charge in [0.1, 0.15) is 0 Å². The molecule has 0 amide bonds. The van der Waals surface area contributed by atoms with Crippen molar-refractivity contribution in [2.75, 3.05) is 0 Å². The smallest absolute Gasteiger partial charge is 0.0543 e. The minimum atomic E-state index is -0.139. The van der Waals surface area contributed by atoms with Gasteiger partial charge < -0.3 is 10.2 Å². The molecule has 0 aromatic heterocycles. The molecule has 4 saturated carbocycles. The molecule has 9 unspecified atom stereocenters. The highest BCUT2D eigenvalue weighted by Gasteiger charge is 2.60. The van der Waals surface area contributed by atoms with Gasteiger partial charge in [-0.1, -0.05) is 33.6 Å². The van der Waals surface area contributed by atoms with Crippen molar-refractivity contribution in [2.24, 2.45) is 46.3 Å². The van der Waals surface area contributed by atoms with E-state index in [1.807, 2.05) is 6.92 Å². The monoisotopic (exact) mass is 390 g/mol. The van der Waals surface area contributed by atoms with Crippen molar-refractivity contribution in [2.45, 2.75) is 117 Å². The van der Waals surface area contributed by atoms with Gasteiger partial charge >= 0.3 is 0 Å². The average molecular weight is 391 g/mol. The van der Waals surface area contributed by atoms with Gasteiger partial charge in [0.2, 0.25) is 0 Å². The van der Waals surface area contributed by atoms with Gasteiger partial charge in [-0.25, -0.2) is 0 Å². The topological polar surface area (TPSA) is 40.5 Å². The Labute approximate surface area is 173 Å². The van der Waals surface area contributed by atoms with Crippen molar-refractivity contribution in [1.29, 1.82) is 0 Å². The largest absolute Gasteiger partial charge is 0.393 e. The van der Waals surface area contributed by atoms with Crippen LogP contribution in [0.1, 0.15) is 105 Å². The first-order chi connectivity index (χ1) is 13.3. The van der Waals surface area contributed by atoms with Crippen LogP contribution in [-0.4, -0.2) is 22.4 Å². The van der Waals surface area contributed by atoms with Crippen LogP contribution in [0.5, 0.6) is 0 Å². The molecule has 0 heterocycles. The van der Waals surface area contributed by atoms with Crippen LogP contribution in [0.4, 0.5) is 0 Å². The number of rotatable bonds is 5.